The van der Waals surface area contributed by atoms with Crippen LogP contribution >= 0.6 is 0 Å². The molecule has 164 valence electrons. The van der Waals surface area contributed by atoms with Crippen molar-refractivity contribution in [2.45, 2.75) is 43.8 Å². The zero-order valence-electron chi connectivity index (χ0n) is 18.2. The summed E-state index contributed by atoms with van der Waals surface area (Å²) in [6.07, 6.45) is 5.82. The predicted molar refractivity (Wildman–Crippen MR) is 122 cm³/mol. The van der Waals surface area contributed by atoms with Crippen LogP contribution in [-0.4, -0.2) is 36.0 Å². The van der Waals surface area contributed by atoms with E-state index in [9.17, 15) is 8.42 Å². The lowest BCUT2D eigenvalue weighted by molar-refractivity contribution is 0.284. The summed E-state index contributed by atoms with van der Waals surface area (Å²) in [5, 5.41) is 0.0416. The Morgan fingerprint density at radius 2 is 1.94 bits per heavy atom. The number of benzene rings is 2. The standard InChI is InChI=1S/C24H30N4O2S/c1-3-28-13-7-10-20-11-12-21(15-22(20)16-28)23(14-19-8-5-4-6-9-19)26-31(29,30)24-17-27(2)18-25-24/h4-6,8-9,11-12,15,17-18,23,26H,3,7,10,13-14,16H2,1-2H3. The average molecular weight is 439 g/mol. The van der Waals surface area contributed by atoms with E-state index in [1.165, 1.54) is 23.7 Å². The minimum atomic E-state index is -3.74. The number of hydrogen-bond acceptors (Lipinski definition) is 4. The van der Waals surface area contributed by atoms with Crippen molar-refractivity contribution in [1.29, 1.82) is 0 Å². The smallest absolute Gasteiger partial charge is 0.260 e. The first-order chi connectivity index (χ1) is 14.9. The highest BCUT2D eigenvalue weighted by Gasteiger charge is 2.25. The molecule has 0 amide bonds. The molecule has 0 radical (unpaired) electrons. The van der Waals surface area contributed by atoms with Crippen molar-refractivity contribution in [2.24, 2.45) is 7.05 Å². The Balaban J connectivity index is 1.68. The van der Waals surface area contributed by atoms with Crippen LogP contribution < -0.4 is 4.72 Å². The molecule has 1 unspecified atom stereocenters. The molecule has 0 fully saturated rings. The van der Waals surface area contributed by atoms with E-state index < -0.39 is 10.0 Å². The van der Waals surface area contributed by atoms with Crippen LogP contribution in [0.4, 0.5) is 0 Å². The molecule has 0 saturated heterocycles. The Labute approximate surface area is 185 Å². The molecule has 1 N–H and O–H groups in total. The van der Waals surface area contributed by atoms with Gasteiger partial charge in [0.2, 0.25) is 0 Å². The quantitative estimate of drug-likeness (QED) is 0.614. The number of hydrogen-bond donors (Lipinski definition) is 1. The first kappa shape index (κ1) is 21.7. The number of fused-ring (bicyclic) bond motifs is 1. The lowest BCUT2D eigenvalue weighted by Crippen LogP contribution is -2.30. The van der Waals surface area contributed by atoms with Crippen molar-refractivity contribution < 1.29 is 8.42 Å². The summed E-state index contributed by atoms with van der Waals surface area (Å²) in [6.45, 7) is 5.21. The van der Waals surface area contributed by atoms with Gasteiger partial charge in [-0.05, 0) is 54.6 Å². The van der Waals surface area contributed by atoms with Crippen LogP contribution in [-0.2, 0) is 36.5 Å². The van der Waals surface area contributed by atoms with Gasteiger partial charge in [0.05, 0.1) is 12.4 Å². The van der Waals surface area contributed by atoms with Gasteiger partial charge in [-0.15, -0.1) is 0 Å². The molecule has 0 spiro atoms. The van der Waals surface area contributed by atoms with E-state index in [0.29, 0.717) is 6.42 Å². The summed E-state index contributed by atoms with van der Waals surface area (Å²) in [4.78, 5) is 6.50. The minimum absolute atomic E-state index is 0.0416. The zero-order chi connectivity index (χ0) is 21.8. The normalized spacial score (nSPS) is 15.9. The highest BCUT2D eigenvalue weighted by atomic mass is 32.2. The number of nitrogens with zero attached hydrogens (tertiary/aromatic N) is 3. The fourth-order valence-corrected chi connectivity index (χ4v) is 5.39. The third-order valence-electron chi connectivity index (χ3n) is 5.93. The van der Waals surface area contributed by atoms with E-state index in [1.807, 2.05) is 30.3 Å². The van der Waals surface area contributed by atoms with Gasteiger partial charge in [-0.1, -0.05) is 55.5 Å². The van der Waals surface area contributed by atoms with Gasteiger partial charge in [-0.3, -0.25) is 4.90 Å². The molecule has 2 aromatic carbocycles. The van der Waals surface area contributed by atoms with E-state index in [2.05, 4.69) is 39.7 Å². The predicted octanol–water partition coefficient (Wildman–Crippen LogP) is 3.45. The molecule has 0 aliphatic carbocycles. The van der Waals surface area contributed by atoms with Gasteiger partial charge >= 0.3 is 0 Å². The Morgan fingerprint density at radius 3 is 2.65 bits per heavy atom. The Kier molecular flexibility index (Phi) is 6.55. The first-order valence-corrected chi connectivity index (χ1v) is 12.3. The number of rotatable bonds is 7. The van der Waals surface area contributed by atoms with Gasteiger partial charge in [-0.25, -0.2) is 18.1 Å². The Bertz CT molecular complexity index is 1130. The van der Waals surface area contributed by atoms with Gasteiger partial charge < -0.3 is 4.57 Å². The summed E-state index contributed by atoms with van der Waals surface area (Å²) in [6, 6.07) is 16.1. The molecular weight excluding hydrogens is 408 g/mol. The summed E-state index contributed by atoms with van der Waals surface area (Å²) >= 11 is 0. The second-order valence-corrected chi connectivity index (χ2v) is 9.90. The molecule has 1 atom stereocenters. The van der Waals surface area contributed by atoms with Crippen molar-refractivity contribution in [1.82, 2.24) is 19.2 Å². The van der Waals surface area contributed by atoms with Crippen LogP contribution in [0.2, 0.25) is 0 Å². The van der Waals surface area contributed by atoms with Crippen molar-refractivity contribution in [3.8, 4) is 0 Å². The largest absolute Gasteiger partial charge is 0.339 e. The second-order valence-electron chi connectivity index (χ2n) is 8.24. The zero-order valence-corrected chi connectivity index (χ0v) is 19.0. The molecule has 6 nitrogen and oxygen atoms in total. The first-order valence-electron chi connectivity index (χ1n) is 10.8. The van der Waals surface area contributed by atoms with E-state index in [4.69, 9.17) is 0 Å². The fraction of sp³-hybridized carbons (Fsp3) is 0.375. The number of sulfonamides is 1. The van der Waals surface area contributed by atoms with E-state index in [-0.39, 0.29) is 11.1 Å². The number of nitrogens with one attached hydrogen (secondary N) is 1. The van der Waals surface area contributed by atoms with Gasteiger partial charge in [0.25, 0.3) is 10.0 Å². The van der Waals surface area contributed by atoms with Gasteiger partial charge in [0.1, 0.15) is 0 Å². The number of aryl methyl sites for hydroxylation is 2. The molecule has 4 rings (SSSR count). The Morgan fingerprint density at radius 1 is 1.13 bits per heavy atom. The van der Waals surface area contributed by atoms with Crippen molar-refractivity contribution in [2.75, 3.05) is 13.1 Å². The second kappa shape index (κ2) is 9.34. The molecule has 0 saturated carbocycles. The molecule has 1 aromatic heterocycles. The monoisotopic (exact) mass is 438 g/mol. The van der Waals surface area contributed by atoms with Crippen LogP contribution in [0.1, 0.15) is 41.6 Å². The molecule has 3 aromatic rings. The third kappa shape index (κ3) is 5.23. The minimum Gasteiger partial charge on any atom is -0.339 e. The average Bonchev–Trinajstić information content (AvgIpc) is 3.10. The molecular formula is C24H30N4O2S. The molecule has 2 heterocycles. The maximum absolute atomic E-state index is 13.1. The number of aromatic nitrogens is 2. The summed E-state index contributed by atoms with van der Waals surface area (Å²) < 4.78 is 30.7. The summed E-state index contributed by atoms with van der Waals surface area (Å²) in [7, 11) is -1.98. The van der Waals surface area contributed by atoms with E-state index in [0.717, 1.165) is 43.6 Å². The molecule has 1 aliphatic heterocycles. The lowest BCUT2D eigenvalue weighted by atomic mass is 9.95. The van der Waals surface area contributed by atoms with Crippen molar-refractivity contribution >= 4 is 10.0 Å². The van der Waals surface area contributed by atoms with E-state index >= 15 is 0 Å². The molecule has 1 aliphatic rings. The van der Waals surface area contributed by atoms with Crippen LogP contribution in [0.15, 0.2) is 66.1 Å². The maximum atomic E-state index is 13.1. The van der Waals surface area contributed by atoms with Crippen molar-refractivity contribution in [3.63, 3.8) is 0 Å². The molecule has 7 heteroatoms. The van der Waals surface area contributed by atoms with Gasteiger partial charge in [0, 0.05) is 19.8 Å². The van der Waals surface area contributed by atoms with Crippen LogP contribution in [0.25, 0.3) is 0 Å². The topological polar surface area (TPSA) is 67.2 Å². The fourth-order valence-electron chi connectivity index (χ4n) is 4.19. The molecule has 31 heavy (non-hydrogen) atoms. The number of imidazole rings is 1. The van der Waals surface area contributed by atoms with Gasteiger partial charge in [0.15, 0.2) is 5.03 Å². The lowest BCUT2D eigenvalue weighted by Gasteiger charge is -2.22. The van der Waals surface area contributed by atoms with Crippen molar-refractivity contribution in [3.05, 3.63) is 83.3 Å². The SMILES string of the molecule is CCN1CCCc2ccc(C(Cc3ccccc3)NS(=O)(=O)c3cn(C)cn3)cc2C1. The summed E-state index contributed by atoms with van der Waals surface area (Å²) in [5.41, 5.74) is 4.74. The highest BCUT2D eigenvalue weighted by molar-refractivity contribution is 7.89. The van der Waals surface area contributed by atoms with Crippen LogP contribution in [0.5, 0.6) is 0 Å². The van der Waals surface area contributed by atoms with E-state index in [1.54, 1.807) is 11.6 Å². The highest BCUT2D eigenvalue weighted by Crippen LogP contribution is 2.26. The Hall–Kier alpha value is -2.48. The molecule has 0 bridgehead atoms. The summed E-state index contributed by atoms with van der Waals surface area (Å²) in [5.74, 6) is 0. The van der Waals surface area contributed by atoms with Gasteiger partial charge in [-0.2, -0.15) is 0 Å². The maximum Gasteiger partial charge on any atom is 0.260 e. The van der Waals surface area contributed by atoms with Crippen LogP contribution in [0.3, 0.4) is 0 Å². The third-order valence-corrected chi connectivity index (χ3v) is 7.29. The van der Waals surface area contributed by atoms with Crippen LogP contribution in [0, 0.1) is 0 Å².